The molecule has 1 fully saturated rings. The lowest BCUT2D eigenvalue weighted by Gasteiger charge is -2.32. The number of hydrogen-bond donors (Lipinski definition) is 3. The quantitative estimate of drug-likeness (QED) is 0.422. The number of amides is 1. The van der Waals surface area contributed by atoms with E-state index in [9.17, 15) is 13.6 Å². The molecule has 1 aromatic heterocycles. The SMILES string of the molecule is NC(=O)c1c(-c2ccc(Oc3ccc(F)cc3F)cc2)nn([C@@H]2CCCN(C/C=C/CO)C2)c1N. The molecule has 1 amide bonds. The maximum atomic E-state index is 13.9. The van der Waals surface area contributed by atoms with Crippen molar-refractivity contribution in [3.05, 3.63) is 71.8 Å². The topological polar surface area (TPSA) is 120 Å². The summed E-state index contributed by atoms with van der Waals surface area (Å²) in [6, 6.07) is 9.54. The van der Waals surface area contributed by atoms with Crippen LogP contribution in [0.2, 0.25) is 0 Å². The average Bonchev–Trinajstić information content (AvgIpc) is 3.19. The predicted molar refractivity (Wildman–Crippen MR) is 128 cm³/mol. The third kappa shape index (κ3) is 5.50. The number of halogens is 2. The fraction of sp³-hybridized carbons (Fsp3) is 0.280. The summed E-state index contributed by atoms with van der Waals surface area (Å²) in [6.45, 7) is 2.30. The van der Waals surface area contributed by atoms with Crippen LogP contribution in [0.15, 0.2) is 54.6 Å². The third-order valence-corrected chi connectivity index (χ3v) is 5.91. The van der Waals surface area contributed by atoms with E-state index in [-0.39, 0.29) is 29.8 Å². The number of piperidine rings is 1. The summed E-state index contributed by atoms with van der Waals surface area (Å²) in [6.07, 6.45) is 5.40. The van der Waals surface area contributed by atoms with Gasteiger partial charge in [0.15, 0.2) is 11.6 Å². The number of nitrogens with zero attached hydrogens (tertiary/aromatic N) is 3. The minimum absolute atomic E-state index is 0.00261. The first-order chi connectivity index (χ1) is 16.9. The first kappa shape index (κ1) is 24.4. The molecule has 10 heteroatoms. The number of rotatable bonds is 8. The summed E-state index contributed by atoms with van der Waals surface area (Å²) in [4.78, 5) is 14.5. The lowest BCUT2D eigenvalue weighted by molar-refractivity contribution is 0.100. The van der Waals surface area contributed by atoms with Crippen LogP contribution in [-0.4, -0.2) is 51.9 Å². The fourth-order valence-electron chi connectivity index (χ4n) is 4.23. The Kier molecular flexibility index (Phi) is 7.42. The Labute approximate surface area is 201 Å². The molecule has 5 N–H and O–H groups in total. The summed E-state index contributed by atoms with van der Waals surface area (Å²) >= 11 is 0. The van der Waals surface area contributed by atoms with Crippen molar-refractivity contribution in [2.45, 2.75) is 18.9 Å². The van der Waals surface area contributed by atoms with Gasteiger partial charge in [0.2, 0.25) is 0 Å². The maximum Gasteiger partial charge on any atom is 0.254 e. The summed E-state index contributed by atoms with van der Waals surface area (Å²) < 4.78 is 34.2. The molecular weight excluding hydrogens is 456 g/mol. The van der Waals surface area contributed by atoms with Gasteiger partial charge in [-0.2, -0.15) is 5.10 Å². The zero-order valence-electron chi connectivity index (χ0n) is 19.0. The number of aliphatic hydroxyl groups excluding tert-OH is 1. The average molecular weight is 484 g/mol. The monoisotopic (exact) mass is 483 g/mol. The molecule has 4 rings (SSSR count). The summed E-state index contributed by atoms with van der Waals surface area (Å²) in [5.41, 5.74) is 13.1. The number of carbonyl (C=O) groups is 1. The van der Waals surface area contributed by atoms with E-state index in [2.05, 4.69) is 10.00 Å². The second-order valence-corrected chi connectivity index (χ2v) is 8.33. The van der Waals surface area contributed by atoms with Crippen molar-refractivity contribution in [3.63, 3.8) is 0 Å². The first-order valence-electron chi connectivity index (χ1n) is 11.3. The number of benzene rings is 2. The number of nitrogen functional groups attached to an aromatic ring is 1. The Bertz CT molecular complexity index is 1230. The van der Waals surface area contributed by atoms with Crippen molar-refractivity contribution in [2.24, 2.45) is 5.73 Å². The van der Waals surface area contributed by atoms with E-state index in [1.807, 2.05) is 6.08 Å². The third-order valence-electron chi connectivity index (χ3n) is 5.91. The molecule has 2 heterocycles. The van der Waals surface area contributed by atoms with Gasteiger partial charge < -0.3 is 21.3 Å². The molecular formula is C25H27F2N5O3. The highest BCUT2D eigenvalue weighted by atomic mass is 19.1. The minimum atomic E-state index is -0.815. The molecule has 35 heavy (non-hydrogen) atoms. The molecule has 0 radical (unpaired) electrons. The smallest absolute Gasteiger partial charge is 0.254 e. The van der Waals surface area contributed by atoms with E-state index in [1.165, 1.54) is 6.07 Å². The summed E-state index contributed by atoms with van der Waals surface area (Å²) in [5.74, 6) is -1.77. The number of hydrogen-bond acceptors (Lipinski definition) is 6. The van der Waals surface area contributed by atoms with Crippen molar-refractivity contribution in [2.75, 3.05) is 32.0 Å². The van der Waals surface area contributed by atoms with Crippen LogP contribution >= 0.6 is 0 Å². The Morgan fingerprint density at radius 1 is 1.20 bits per heavy atom. The number of ether oxygens (including phenoxy) is 1. The van der Waals surface area contributed by atoms with Crippen LogP contribution in [0.4, 0.5) is 14.6 Å². The van der Waals surface area contributed by atoms with Gasteiger partial charge in [0.1, 0.15) is 28.6 Å². The van der Waals surface area contributed by atoms with Crippen LogP contribution < -0.4 is 16.2 Å². The van der Waals surface area contributed by atoms with E-state index in [0.29, 0.717) is 30.1 Å². The lowest BCUT2D eigenvalue weighted by atomic mass is 10.1. The highest BCUT2D eigenvalue weighted by Crippen LogP contribution is 2.33. The number of anilines is 1. The Balaban J connectivity index is 1.58. The number of nitrogens with two attached hydrogens (primary N) is 2. The second-order valence-electron chi connectivity index (χ2n) is 8.33. The Hall–Kier alpha value is -3.76. The first-order valence-corrected chi connectivity index (χ1v) is 11.3. The molecule has 0 spiro atoms. The van der Waals surface area contributed by atoms with Crippen molar-refractivity contribution in [3.8, 4) is 22.8 Å². The number of primary amides is 1. The van der Waals surface area contributed by atoms with E-state index in [1.54, 1.807) is 35.0 Å². The van der Waals surface area contributed by atoms with Crippen LogP contribution in [0, 0.1) is 11.6 Å². The Morgan fingerprint density at radius 3 is 2.66 bits per heavy atom. The van der Waals surface area contributed by atoms with Crippen LogP contribution in [-0.2, 0) is 0 Å². The summed E-state index contributed by atoms with van der Waals surface area (Å²) in [7, 11) is 0. The molecule has 1 aliphatic rings. The van der Waals surface area contributed by atoms with Gasteiger partial charge in [-0.1, -0.05) is 12.2 Å². The highest BCUT2D eigenvalue weighted by Gasteiger charge is 2.28. The zero-order valence-corrected chi connectivity index (χ0v) is 19.0. The zero-order chi connectivity index (χ0) is 24.9. The lowest BCUT2D eigenvalue weighted by Crippen LogP contribution is -2.37. The molecule has 0 aliphatic carbocycles. The molecule has 3 aromatic rings. The second kappa shape index (κ2) is 10.7. The number of likely N-dealkylation sites (tertiary alicyclic amines) is 1. The largest absolute Gasteiger partial charge is 0.454 e. The molecule has 1 aliphatic heterocycles. The van der Waals surface area contributed by atoms with E-state index >= 15 is 0 Å². The Morgan fingerprint density at radius 2 is 1.97 bits per heavy atom. The molecule has 1 atom stereocenters. The molecule has 184 valence electrons. The van der Waals surface area contributed by atoms with Gasteiger partial charge in [0.25, 0.3) is 5.91 Å². The van der Waals surface area contributed by atoms with Gasteiger partial charge in [-0.3, -0.25) is 9.69 Å². The standard InChI is InChI=1S/C25H27F2N5O3/c26-17-7-10-21(20(27)14-17)35-19-8-5-16(6-9-19)23-22(25(29)34)24(28)32(30-23)18-4-3-12-31(15-18)11-1-2-13-33/h1-2,5-10,14,18,33H,3-4,11-13,15,28H2,(H2,29,34)/b2-1+/t18-/m1/s1. The van der Waals surface area contributed by atoms with Crippen LogP contribution in [0.1, 0.15) is 29.2 Å². The van der Waals surface area contributed by atoms with Crippen LogP contribution in [0.5, 0.6) is 11.5 Å². The van der Waals surface area contributed by atoms with E-state index < -0.39 is 17.5 Å². The van der Waals surface area contributed by atoms with Gasteiger partial charge in [-0.05, 0) is 55.8 Å². The van der Waals surface area contributed by atoms with Crippen LogP contribution in [0.3, 0.4) is 0 Å². The molecule has 0 bridgehead atoms. The number of aromatic nitrogens is 2. The highest BCUT2D eigenvalue weighted by molar-refractivity contribution is 6.03. The van der Waals surface area contributed by atoms with Gasteiger partial charge in [-0.15, -0.1) is 0 Å². The molecule has 0 unspecified atom stereocenters. The van der Waals surface area contributed by atoms with Gasteiger partial charge in [-0.25, -0.2) is 13.5 Å². The van der Waals surface area contributed by atoms with E-state index in [4.69, 9.17) is 21.3 Å². The van der Waals surface area contributed by atoms with Gasteiger partial charge in [0.05, 0.1) is 12.6 Å². The van der Waals surface area contributed by atoms with Crippen molar-refractivity contribution in [1.82, 2.24) is 14.7 Å². The van der Waals surface area contributed by atoms with Gasteiger partial charge in [0, 0.05) is 24.7 Å². The molecule has 2 aromatic carbocycles. The summed E-state index contributed by atoms with van der Waals surface area (Å²) in [5, 5.41) is 13.6. The van der Waals surface area contributed by atoms with Crippen molar-refractivity contribution < 1.29 is 23.4 Å². The molecule has 8 nitrogen and oxygen atoms in total. The number of carbonyl (C=O) groups excluding carboxylic acids is 1. The fourth-order valence-corrected chi connectivity index (χ4v) is 4.23. The predicted octanol–water partition coefficient (Wildman–Crippen LogP) is 3.49. The van der Waals surface area contributed by atoms with Crippen molar-refractivity contribution >= 4 is 11.7 Å². The van der Waals surface area contributed by atoms with E-state index in [0.717, 1.165) is 31.5 Å². The molecule has 0 saturated carbocycles. The van der Waals surface area contributed by atoms with Crippen molar-refractivity contribution in [1.29, 1.82) is 0 Å². The van der Waals surface area contributed by atoms with Crippen LogP contribution in [0.25, 0.3) is 11.3 Å². The molecule has 1 saturated heterocycles. The maximum absolute atomic E-state index is 13.9. The van der Waals surface area contributed by atoms with Gasteiger partial charge >= 0.3 is 0 Å². The normalized spacial score (nSPS) is 16.6. The number of aliphatic hydroxyl groups is 1. The minimum Gasteiger partial charge on any atom is -0.454 e.